The lowest BCUT2D eigenvalue weighted by atomic mass is 10.2. The van der Waals surface area contributed by atoms with Crippen molar-refractivity contribution in [2.45, 2.75) is 0 Å². The van der Waals surface area contributed by atoms with Crippen LogP contribution in [0, 0.1) is 5.82 Å². The van der Waals surface area contributed by atoms with Crippen molar-refractivity contribution in [1.82, 2.24) is 4.98 Å². The minimum Gasteiger partial charge on any atom is -0.464 e. The maximum absolute atomic E-state index is 13.6. The fraction of sp³-hybridized carbons (Fsp3) is 0.0909. The van der Waals surface area contributed by atoms with Gasteiger partial charge in [-0.2, -0.15) is 0 Å². The quantitative estimate of drug-likeness (QED) is 0.796. The summed E-state index contributed by atoms with van der Waals surface area (Å²) in [5, 5.41) is 1.99. The lowest BCUT2D eigenvalue weighted by Gasteiger charge is -1.99. The van der Waals surface area contributed by atoms with Crippen LogP contribution in [-0.4, -0.2) is 18.1 Å². The van der Waals surface area contributed by atoms with Crippen LogP contribution in [0.15, 0.2) is 28.1 Å². The molecule has 0 unspecified atom stereocenters. The average molecular weight is 316 g/mol. The van der Waals surface area contributed by atoms with E-state index in [4.69, 9.17) is 0 Å². The first-order valence-corrected chi connectivity index (χ1v) is 6.28. The topological polar surface area (TPSA) is 39.2 Å². The fourth-order valence-electron chi connectivity index (χ4n) is 1.26. The summed E-state index contributed by atoms with van der Waals surface area (Å²) in [6, 6.07) is 4.57. The van der Waals surface area contributed by atoms with Gasteiger partial charge in [0.1, 0.15) is 10.8 Å². The van der Waals surface area contributed by atoms with Crippen LogP contribution in [0.2, 0.25) is 0 Å². The zero-order valence-electron chi connectivity index (χ0n) is 8.74. The number of aromatic nitrogens is 1. The van der Waals surface area contributed by atoms with Gasteiger partial charge in [-0.05, 0) is 18.2 Å². The van der Waals surface area contributed by atoms with Crippen LogP contribution in [0.3, 0.4) is 0 Å². The van der Waals surface area contributed by atoms with E-state index in [1.807, 2.05) is 0 Å². The summed E-state index contributed by atoms with van der Waals surface area (Å²) < 4.78 is 18.9. The lowest BCUT2D eigenvalue weighted by Crippen LogP contribution is -2.01. The first kappa shape index (κ1) is 12.2. The van der Waals surface area contributed by atoms with E-state index in [1.54, 1.807) is 17.5 Å². The Hall–Kier alpha value is -1.27. The Balaban J connectivity index is 2.43. The molecule has 0 fully saturated rings. The molecule has 0 spiro atoms. The molecule has 0 saturated heterocycles. The van der Waals surface area contributed by atoms with Crippen molar-refractivity contribution in [1.29, 1.82) is 0 Å². The van der Waals surface area contributed by atoms with Crippen LogP contribution < -0.4 is 0 Å². The van der Waals surface area contributed by atoms with Gasteiger partial charge in [-0.3, -0.25) is 0 Å². The van der Waals surface area contributed by atoms with Crippen molar-refractivity contribution in [3.63, 3.8) is 0 Å². The first-order chi connectivity index (χ1) is 8.11. The molecule has 1 aromatic carbocycles. The maximum atomic E-state index is 13.6. The molecule has 2 aromatic rings. The highest BCUT2D eigenvalue weighted by Gasteiger charge is 2.14. The number of halogens is 2. The number of carbonyl (C=O) groups excluding carboxylic acids is 1. The molecule has 6 heteroatoms. The molecule has 1 aromatic heterocycles. The lowest BCUT2D eigenvalue weighted by molar-refractivity contribution is 0.0595. The number of ether oxygens (including phenoxy) is 1. The van der Waals surface area contributed by atoms with E-state index in [2.05, 4.69) is 25.7 Å². The summed E-state index contributed by atoms with van der Waals surface area (Å²) in [6.45, 7) is 0. The minimum absolute atomic E-state index is 0.187. The summed E-state index contributed by atoms with van der Waals surface area (Å²) in [5.74, 6) is -0.901. The van der Waals surface area contributed by atoms with Gasteiger partial charge in [0.15, 0.2) is 5.69 Å². The number of methoxy groups -OCH3 is 1. The number of thiazole rings is 1. The monoisotopic (exact) mass is 315 g/mol. The van der Waals surface area contributed by atoms with Gasteiger partial charge in [-0.1, -0.05) is 15.9 Å². The van der Waals surface area contributed by atoms with Crippen LogP contribution in [0.5, 0.6) is 0 Å². The second-order valence-corrected chi connectivity index (χ2v) is 4.93. The van der Waals surface area contributed by atoms with E-state index in [-0.39, 0.29) is 11.5 Å². The molecule has 88 valence electrons. The standard InChI is InChI=1S/C11H7BrFNO2S/c1-16-11(15)9-5-17-10(14-9)7-4-6(12)2-3-8(7)13/h2-5H,1H3. The molecule has 17 heavy (non-hydrogen) atoms. The molecule has 1 heterocycles. The Morgan fingerprint density at radius 3 is 3.00 bits per heavy atom. The Morgan fingerprint density at radius 1 is 1.53 bits per heavy atom. The fourth-order valence-corrected chi connectivity index (χ4v) is 2.42. The van der Waals surface area contributed by atoms with E-state index in [9.17, 15) is 9.18 Å². The molecule has 0 N–H and O–H groups in total. The van der Waals surface area contributed by atoms with Crippen LogP contribution >= 0.6 is 27.3 Å². The normalized spacial score (nSPS) is 10.3. The third-order valence-corrected chi connectivity index (χ3v) is 3.43. The highest BCUT2D eigenvalue weighted by Crippen LogP contribution is 2.29. The minimum atomic E-state index is -0.525. The third-order valence-electron chi connectivity index (χ3n) is 2.06. The van der Waals surface area contributed by atoms with Crippen molar-refractivity contribution < 1.29 is 13.9 Å². The van der Waals surface area contributed by atoms with E-state index in [0.29, 0.717) is 10.6 Å². The van der Waals surface area contributed by atoms with Gasteiger partial charge in [0.05, 0.1) is 7.11 Å². The smallest absolute Gasteiger partial charge is 0.357 e. The second-order valence-electron chi connectivity index (χ2n) is 3.15. The van der Waals surface area contributed by atoms with E-state index < -0.39 is 5.97 Å². The number of esters is 1. The summed E-state index contributed by atoms with van der Waals surface area (Å²) in [5.41, 5.74) is 0.548. The third kappa shape index (κ3) is 2.53. The highest BCUT2D eigenvalue weighted by atomic mass is 79.9. The number of hydrogen-bond acceptors (Lipinski definition) is 4. The number of rotatable bonds is 2. The van der Waals surface area contributed by atoms with Crippen molar-refractivity contribution in [3.05, 3.63) is 39.6 Å². The molecule has 3 nitrogen and oxygen atoms in total. The number of hydrogen-bond donors (Lipinski definition) is 0. The molecule has 0 aliphatic rings. The maximum Gasteiger partial charge on any atom is 0.357 e. The first-order valence-electron chi connectivity index (χ1n) is 4.61. The van der Waals surface area contributed by atoms with Gasteiger partial charge >= 0.3 is 5.97 Å². The van der Waals surface area contributed by atoms with Crippen LogP contribution in [0.4, 0.5) is 4.39 Å². The predicted octanol–water partition coefficient (Wildman–Crippen LogP) is 3.50. The molecule has 0 aliphatic carbocycles. The largest absolute Gasteiger partial charge is 0.464 e. The Labute approximate surface area is 109 Å². The van der Waals surface area contributed by atoms with E-state index >= 15 is 0 Å². The summed E-state index contributed by atoms with van der Waals surface area (Å²) in [4.78, 5) is 15.3. The summed E-state index contributed by atoms with van der Waals surface area (Å²) in [7, 11) is 1.28. The molecule has 0 bridgehead atoms. The van der Waals surface area contributed by atoms with Crippen LogP contribution in [-0.2, 0) is 4.74 Å². The van der Waals surface area contributed by atoms with Gasteiger partial charge in [0, 0.05) is 15.4 Å². The zero-order valence-corrected chi connectivity index (χ0v) is 11.1. The van der Waals surface area contributed by atoms with Gasteiger partial charge in [0.25, 0.3) is 0 Å². The van der Waals surface area contributed by atoms with Gasteiger partial charge in [-0.25, -0.2) is 14.2 Å². The van der Waals surface area contributed by atoms with Crippen molar-refractivity contribution in [2.24, 2.45) is 0 Å². The highest BCUT2D eigenvalue weighted by molar-refractivity contribution is 9.10. The Morgan fingerprint density at radius 2 is 2.29 bits per heavy atom. The Bertz CT molecular complexity index is 570. The van der Waals surface area contributed by atoms with Crippen molar-refractivity contribution in [3.8, 4) is 10.6 Å². The van der Waals surface area contributed by atoms with E-state index in [1.165, 1.54) is 24.5 Å². The molecular formula is C11H7BrFNO2S. The summed E-state index contributed by atoms with van der Waals surface area (Å²) >= 11 is 4.46. The molecule has 0 amide bonds. The van der Waals surface area contributed by atoms with E-state index in [0.717, 1.165) is 4.47 Å². The SMILES string of the molecule is COC(=O)c1csc(-c2cc(Br)ccc2F)n1. The predicted molar refractivity (Wildman–Crippen MR) is 66.5 cm³/mol. The Kier molecular flexibility index (Phi) is 3.54. The second kappa shape index (κ2) is 4.93. The number of nitrogens with zero attached hydrogens (tertiary/aromatic N) is 1. The van der Waals surface area contributed by atoms with Crippen molar-refractivity contribution >= 4 is 33.2 Å². The zero-order chi connectivity index (χ0) is 12.4. The molecule has 0 atom stereocenters. The average Bonchev–Trinajstić information content (AvgIpc) is 2.80. The van der Waals surface area contributed by atoms with Crippen LogP contribution in [0.25, 0.3) is 10.6 Å². The summed E-state index contributed by atoms with van der Waals surface area (Å²) in [6.07, 6.45) is 0. The molecule has 0 saturated carbocycles. The molecular weight excluding hydrogens is 309 g/mol. The van der Waals surface area contributed by atoms with Crippen molar-refractivity contribution in [2.75, 3.05) is 7.11 Å². The molecule has 0 aliphatic heterocycles. The molecule has 2 rings (SSSR count). The number of benzene rings is 1. The van der Waals surface area contributed by atoms with Crippen LogP contribution in [0.1, 0.15) is 10.5 Å². The van der Waals surface area contributed by atoms with Gasteiger partial charge < -0.3 is 4.74 Å². The number of carbonyl (C=O) groups is 1. The molecule has 0 radical (unpaired) electrons. The van der Waals surface area contributed by atoms with Gasteiger partial charge in [-0.15, -0.1) is 11.3 Å². The van der Waals surface area contributed by atoms with Gasteiger partial charge in [0.2, 0.25) is 0 Å².